The maximum atomic E-state index is 13.4. The van der Waals surface area contributed by atoms with E-state index in [4.69, 9.17) is 4.74 Å². The van der Waals surface area contributed by atoms with Crippen LogP contribution in [0.4, 0.5) is 0 Å². The molecule has 1 unspecified atom stereocenters. The number of Topliss-reactive ketones (excluding diaryl/α,β-unsaturated/α-hetero) is 1. The number of rotatable bonds is 9. The maximum absolute atomic E-state index is 13.4. The summed E-state index contributed by atoms with van der Waals surface area (Å²) in [5.74, 6) is -0.480. The lowest BCUT2D eigenvalue weighted by atomic mass is 9.84. The van der Waals surface area contributed by atoms with Crippen LogP contribution in [-0.2, 0) is 16.0 Å². The number of hydrogen-bond donors (Lipinski definition) is 1. The standard InChI is InChI=1S/C28H35NO5S/c1-17-13-20(14-18(2)26(17)34-28(4,5)27(32)33)7-8-22-15-29(19(3)30)16-24(22)25(31)21-9-11-23(35-6)12-10-21/h9-14,22,24H,7-8,15-16H2,1-6H3,(H,32,33)/t22-,24?/m0/s1. The van der Waals surface area contributed by atoms with E-state index in [2.05, 4.69) is 0 Å². The number of ether oxygens (including phenoxy) is 1. The number of aryl methyl sites for hydroxylation is 3. The van der Waals surface area contributed by atoms with Crippen molar-refractivity contribution in [1.29, 1.82) is 0 Å². The quantitative estimate of drug-likeness (QED) is 0.380. The topological polar surface area (TPSA) is 83.9 Å². The minimum absolute atomic E-state index is 0.00253. The summed E-state index contributed by atoms with van der Waals surface area (Å²) in [7, 11) is 0. The lowest BCUT2D eigenvalue weighted by Gasteiger charge is -2.25. The molecule has 2 atom stereocenters. The van der Waals surface area contributed by atoms with Crippen LogP contribution in [0.25, 0.3) is 0 Å². The number of carbonyl (C=O) groups excluding carboxylic acids is 2. The molecule has 1 fully saturated rings. The van der Waals surface area contributed by atoms with Gasteiger partial charge in [-0.2, -0.15) is 0 Å². The zero-order valence-corrected chi connectivity index (χ0v) is 22.2. The summed E-state index contributed by atoms with van der Waals surface area (Å²) in [6, 6.07) is 11.7. The predicted molar refractivity (Wildman–Crippen MR) is 138 cm³/mol. The molecular formula is C28H35NO5S. The molecule has 2 aromatic carbocycles. The summed E-state index contributed by atoms with van der Waals surface area (Å²) < 4.78 is 5.82. The van der Waals surface area contributed by atoms with Gasteiger partial charge in [-0.15, -0.1) is 11.8 Å². The summed E-state index contributed by atoms with van der Waals surface area (Å²) in [6.45, 7) is 9.51. The number of hydrogen-bond acceptors (Lipinski definition) is 5. The van der Waals surface area contributed by atoms with Gasteiger partial charge in [-0.1, -0.05) is 24.3 Å². The van der Waals surface area contributed by atoms with Crippen LogP contribution < -0.4 is 4.74 Å². The summed E-state index contributed by atoms with van der Waals surface area (Å²) in [4.78, 5) is 39.8. The molecule has 0 spiro atoms. The second kappa shape index (κ2) is 10.9. The molecule has 3 rings (SSSR count). The number of thioether (sulfide) groups is 1. The molecule has 1 aliphatic rings. The number of ketones is 1. The van der Waals surface area contributed by atoms with Gasteiger partial charge in [0.1, 0.15) is 5.75 Å². The first-order valence-corrected chi connectivity index (χ1v) is 13.1. The van der Waals surface area contributed by atoms with Gasteiger partial charge in [-0.3, -0.25) is 9.59 Å². The third-order valence-corrected chi connectivity index (χ3v) is 7.54. The van der Waals surface area contributed by atoms with Gasteiger partial charge in [0.2, 0.25) is 5.91 Å². The molecule has 1 aliphatic heterocycles. The van der Waals surface area contributed by atoms with Crippen molar-refractivity contribution in [1.82, 2.24) is 4.90 Å². The molecule has 1 heterocycles. The van der Waals surface area contributed by atoms with Crippen molar-refractivity contribution < 1.29 is 24.2 Å². The van der Waals surface area contributed by atoms with E-state index >= 15 is 0 Å². The van der Waals surface area contributed by atoms with Crippen molar-refractivity contribution in [2.24, 2.45) is 11.8 Å². The van der Waals surface area contributed by atoms with E-state index in [-0.39, 0.29) is 23.5 Å². The van der Waals surface area contributed by atoms with E-state index in [1.165, 1.54) is 13.8 Å². The Morgan fingerprint density at radius 2 is 1.69 bits per heavy atom. The smallest absolute Gasteiger partial charge is 0.347 e. The largest absolute Gasteiger partial charge is 0.478 e. The van der Waals surface area contributed by atoms with Crippen LogP contribution >= 0.6 is 11.8 Å². The van der Waals surface area contributed by atoms with E-state index in [1.807, 2.05) is 56.5 Å². The van der Waals surface area contributed by atoms with Crippen LogP contribution in [0.3, 0.4) is 0 Å². The zero-order chi connectivity index (χ0) is 25.9. The van der Waals surface area contributed by atoms with Crippen LogP contribution in [0, 0.1) is 25.7 Å². The van der Waals surface area contributed by atoms with Crippen LogP contribution in [0.15, 0.2) is 41.3 Å². The minimum Gasteiger partial charge on any atom is -0.478 e. The van der Waals surface area contributed by atoms with E-state index in [0.29, 0.717) is 24.4 Å². The Bertz CT molecular complexity index is 1090. The van der Waals surface area contributed by atoms with Gasteiger partial charge in [0, 0.05) is 36.4 Å². The summed E-state index contributed by atoms with van der Waals surface area (Å²) in [6.07, 6.45) is 3.54. The number of carbonyl (C=O) groups is 3. The van der Waals surface area contributed by atoms with Gasteiger partial charge < -0.3 is 14.7 Å². The monoisotopic (exact) mass is 497 g/mol. The van der Waals surface area contributed by atoms with Gasteiger partial charge in [-0.25, -0.2) is 4.79 Å². The first-order valence-electron chi connectivity index (χ1n) is 11.9. The maximum Gasteiger partial charge on any atom is 0.347 e. The molecule has 1 amide bonds. The van der Waals surface area contributed by atoms with Crippen molar-refractivity contribution in [2.45, 2.75) is 58.0 Å². The third-order valence-electron chi connectivity index (χ3n) is 6.79. The van der Waals surface area contributed by atoms with Crippen molar-refractivity contribution >= 4 is 29.4 Å². The zero-order valence-electron chi connectivity index (χ0n) is 21.4. The van der Waals surface area contributed by atoms with Gasteiger partial charge in [0.25, 0.3) is 0 Å². The third kappa shape index (κ3) is 6.26. The van der Waals surface area contributed by atoms with E-state index in [0.717, 1.165) is 34.4 Å². The molecular weight excluding hydrogens is 462 g/mol. The van der Waals surface area contributed by atoms with Crippen LogP contribution in [0.1, 0.15) is 54.2 Å². The van der Waals surface area contributed by atoms with Crippen LogP contribution in [0.2, 0.25) is 0 Å². The molecule has 2 aromatic rings. The summed E-state index contributed by atoms with van der Waals surface area (Å²) >= 11 is 1.64. The molecule has 0 saturated carbocycles. The number of nitrogens with zero attached hydrogens (tertiary/aromatic N) is 1. The second-order valence-electron chi connectivity index (χ2n) is 9.90. The highest BCUT2D eigenvalue weighted by Gasteiger charge is 2.38. The number of benzene rings is 2. The fourth-order valence-electron chi connectivity index (χ4n) is 4.68. The van der Waals surface area contributed by atoms with E-state index in [9.17, 15) is 19.5 Å². The second-order valence-corrected chi connectivity index (χ2v) is 10.8. The van der Waals surface area contributed by atoms with E-state index < -0.39 is 11.6 Å². The fourth-order valence-corrected chi connectivity index (χ4v) is 5.09. The molecule has 0 radical (unpaired) electrons. The Kier molecular flexibility index (Phi) is 8.31. The van der Waals surface area contributed by atoms with Crippen molar-refractivity contribution in [3.05, 3.63) is 58.7 Å². The Morgan fingerprint density at radius 1 is 1.09 bits per heavy atom. The van der Waals surface area contributed by atoms with Gasteiger partial charge in [0.05, 0.1) is 0 Å². The van der Waals surface area contributed by atoms with Crippen LogP contribution in [0.5, 0.6) is 5.75 Å². The lowest BCUT2D eigenvalue weighted by molar-refractivity contribution is -0.152. The molecule has 1 N–H and O–H groups in total. The first kappa shape index (κ1) is 26.8. The van der Waals surface area contributed by atoms with Crippen molar-refractivity contribution in [3.8, 4) is 5.75 Å². The summed E-state index contributed by atoms with van der Waals surface area (Å²) in [5, 5.41) is 9.40. The number of amides is 1. The molecule has 188 valence electrons. The Hall–Kier alpha value is -2.80. The molecule has 7 heteroatoms. The molecule has 0 aromatic heterocycles. The van der Waals surface area contributed by atoms with Crippen LogP contribution in [-0.4, -0.2) is 52.6 Å². The number of carboxylic acids is 1. The van der Waals surface area contributed by atoms with Crippen molar-refractivity contribution in [3.63, 3.8) is 0 Å². The SMILES string of the molecule is CSc1ccc(C(=O)C2CN(C(C)=O)C[C@@H]2CCc2cc(C)c(OC(C)(C)C(=O)O)c(C)c2)cc1. The average Bonchev–Trinajstić information content (AvgIpc) is 3.24. The predicted octanol–water partition coefficient (Wildman–Crippen LogP) is 5.18. The number of carboxylic acid groups (broad SMARTS) is 1. The molecule has 1 saturated heterocycles. The molecule has 0 aliphatic carbocycles. The fraction of sp³-hybridized carbons (Fsp3) is 0.464. The first-order chi connectivity index (χ1) is 16.4. The lowest BCUT2D eigenvalue weighted by Crippen LogP contribution is -2.38. The average molecular weight is 498 g/mol. The highest BCUT2D eigenvalue weighted by molar-refractivity contribution is 7.98. The Balaban J connectivity index is 1.76. The van der Waals surface area contributed by atoms with Gasteiger partial charge >= 0.3 is 5.97 Å². The van der Waals surface area contributed by atoms with Gasteiger partial charge in [-0.05, 0) is 81.5 Å². The normalized spacial score (nSPS) is 17.9. The molecule has 0 bridgehead atoms. The molecule has 6 nitrogen and oxygen atoms in total. The van der Waals surface area contributed by atoms with Crippen molar-refractivity contribution in [2.75, 3.05) is 19.3 Å². The minimum atomic E-state index is -1.32. The Labute approximate surface area is 212 Å². The van der Waals surface area contributed by atoms with Gasteiger partial charge in [0.15, 0.2) is 11.4 Å². The summed E-state index contributed by atoms with van der Waals surface area (Å²) in [5.41, 5.74) is 2.24. The number of likely N-dealkylation sites (tertiary alicyclic amines) is 1. The Morgan fingerprint density at radius 3 is 2.20 bits per heavy atom. The van der Waals surface area contributed by atoms with E-state index in [1.54, 1.807) is 23.6 Å². The highest BCUT2D eigenvalue weighted by atomic mass is 32.2. The highest BCUT2D eigenvalue weighted by Crippen LogP contribution is 2.33. The molecule has 35 heavy (non-hydrogen) atoms. The number of aliphatic carboxylic acids is 1.